The molecular weight excluding hydrogens is 226 g/mol. The van der Waals surface area contributed by atoms with Gasteiger partial charge in [-0.15, -0.1) is 0 Å². The van der Waals surface area contributed by atoms with Crippen LogP contribution in [-0.4, -0.2) is 31.4 Å². The minimum atomic E-state index is -3.22. The van der Waals surface area contributed by atoms with Crippen LogP contribution in [0.5, 0.6) is 0 Å². The lowest BCUT2D eigenvalue weighted by atomic mass is 9.95. The van der Waals surface area contributed by atoms with Crippen LogP contribution in [0.25, 0.3) is 0 Å². The van der Waals surface area contributed by atoms with Crippen molar-refractivity contribution in [2.45, 2.75) is 52.6 Å². The van der Waals surface area contributed by atoms with Crippen LogP contribution in [-0.2, 0) is 10.0 Å². The van der Waals surface area contributed by atoms with Crippen molar-refractivity contribution in [2.24, 2.45) is 5.92 Å². The van der Waals surface area contributed by atoms with Crippen molar-refractivity contribution in [1.29, 1.82) is 0 Å². The molecule has 0 amide bonds. The second-order valence-corrected chi connectivity index (χ2v) is 7.01. The van der Waals surface area contributed by atoms with E-state index in [4.69, 9.17) is 0 Å². The number of rotatable bonds is 8. The van der Waals surface area contributed by atoms with Gasteiger partial charge in [0.05, 0.1) is 11.4 Å². The van der Waals surface area contributed by atoms with E-state index >= 15 is 0 Å². The highest BCUT2D eigenvalue weighted by Gasteiger charge is 2.24. The molecule has 0 rings (SSSR count). The molecule has 0 aliphatic rings. The van der Waals surface area contributed by atoms with Gasteiger partial charge in [0, 0.05) is 6.54 Å². The first kappa shape index (κ1) is 15.9. The smallest absolute Gasteiger partial charge is 0.211 e. The van der Waals surface area contributed by atoms with Crippen molar-refractivity contribution in [3.05, 3.63) is 0 Å². The van der Waals surface area contributed by atoms with Crippen molar-refractivity contribution in [1.82, 2.24) is 4.72 Å². The molecule has 5 heteroatoms. The van der Waals surface area contributed by atoms with Crippen molar-refractivity contribution in [3.8, 4) is 0 Å². The Labute approximate surface area is 99.5 Å². The van der Waals surface area contributed by atoms with Gasteiger partial charge in [-0.3, -0.25) is 0 Å². The predicted octanol–water partition coefficient (Wildman–Crippen LogP) is 1.50. The highest BCUT2D eigenvalue weighted by molar-refractivity contribution is 7.89. The molecule has 0 aromatic carbocycles. The Kier molecular flexibility index (Phi) is 6.51. The molecule has 4 nitrogen and oxygen atoms in total. The van der Waals surface area contributed by atoms with Crippen molar-refractivity contribution in [2.75, 3.05) is 12.3 Å². The molecule has 1 unspecified atom stereocenters. The molecule has 0 aromatic heterocycles. The first-order valence-corrected chi connectivity index (χ1v) is 7.53. The van der Waals surface area contributed by atoms with Crippen molar-refractivity contribution in [3.63, 3.8) is 0 Å². The van der Waals surface area contributed by atoms with E-state index in [0.717, 1.165) is 6.42 Å². The van der Waals surface area contributed by atoms with Crippen LogP contribution in [0.2, 0.25) is 0 Å². The Bertz CT molecular complexity index is 284. The molecule has 2 N–H and O–H groups in total. The fourth-order valence-corrected chi connectivity index (χ4v) is 2.97. The quantitative estimate of drug-likeness (QED) is 0.687. The van der Waals surface area contributed by atoms with Gasteiger partial charge in [-0.05, 0) is 25.7 Å². The fraction of sp³-hybridized carbons (Fsp3) is 1.00. The minimum absolute atomic E-state index is 0.0945. The third-order valence-electron chi connectivity index (χ3n) is 2.29. The molecular formula is C11H25NO3S. The van der Waals surface area contributed by atoms with E-state index in [1.807, 2.05) is 20.8 Å². The summed E-state index contributed by atoms with van der Waals surface area (Å²) in [7, 11) is -3.22. The predicted molar refractivity (Wildman–Crippen MR) is 66.8 cm³/mol. The number of hydrogen-bond acceptors (Lipinski definition) is 3. The molecule has 0 saturated carbocycles. The Morgan fingerprint density at radius 2 is 1.94 bits per heavy atom. The zero-order chi connectivity index (χ0) is 12.8. The average Bonchev–Trinajstić information content (AvgIpc) is 2.10. The van der Waals surface area contributed by atoms with Gasteiger partial charge in [0.2, 0.25) is 10.0 Å². The summed E-state index contributed by atoms with van der Waals surface area (Å²) < 4.78 is 25.5. The summed E-state index contributed by atoms with van der Waals surface area (Å²) in [5.41, 5.74) is -0.965. The molecule has 1 atom stereocenters. The largest absolute Gasteiger partial charge is 0.389 e. The fourth-order valence-electron chi connectivity index (χ4n) is 1.62. The maximum Gasteiger partial charge on any atom is 0.211 e. The second-order valence-electron chi connectivity index (χ2n) is 5.09. The number of sulfonamides is 1. The lowest BCUT2D eigenvalue weighted by Gasteiger charge is -2.25. The number of nitrogens with one attached hydrogen (secondary N) is 1. The summed E-state index contributed by atoms with van der Waals surface area (Å²) >= 11 is 0. The Morgan fingerprint density at radius 1 is 1.38 bits per heavy atom. The highest BCUT2D eigenvalue weighted by atomic mass is 32.2. The van der Waals surface area contributed by atoms with E-state index in [1.165, 1.54) is 0 Å². The normalized spacial score (nSPS) is 16.4. The molecule has 16 heavy (non-hydrogen) atoms. The number of hydrogen-bond donors (Lipinski definition) is 2. The van der Waals surface area contributed by atoms with Gasteiger partial charge in [-0.25, -0.2) is 13.1 Å². The van der Waals surface area contributed by atoms with Crippen LogP contribution >= 0.6 is 0 Å². The monoisotopic (exact) mass is 251 g/mol. The second kappa shape index (κ2) is 6.57. The summed E-state index contributed by atoms with van der Waals surface area (Å²) in [5, 5.41) is 9.95. The molecule has 0 fully saturated rings. The zero-order valence-corrected chi connectivity index (χ0v) is 11.6. The van der Waals surface area contributed by atoms with Gasteiger partial charge in [0.15, 0.2) is 0 Å². The van der Waals surface area contributed by atoms with E-state index in [0.29, 0.717) is 18.8 Å². The maximum atomic E-state index is 11.5. The van der Waals surface area contributed by atoms with Crippen molar-refractivity contribution >= 4 is 10.0 Å². The molecule has 0 saturated heterocycles. The first-order valence-electron chi connectivity index (χ1n) is 5.88. The van der Waals surface area contributed by atoms with Crippen LogP contribution < -0.4 is 4.72 Å². The van der Waals surface area contributed by atoms with Crippen molar-refractivity contribution < 1.29 is 13.5 Å². The Hall–Kier alpha value is -0.130. The third kappa shape index (κ3) is 8.07. The molecule has 0 bridgehead atoms. The molecule has 0 aliphatic heterocycles. The standard InChI is InChI=1S/C11H25NO3S/c1-5-6-7-16(14,15)12-9-11(4,13)8-10(2)3/h10,12-13H,5-9H2,1-4H3. The third-order valence-corrected chi connectivity index (χ3v) is 3.70. The van der Waals surface area contributed by atoms with Gasteiger partial charge in [0.25, 0.3) is 0 Å². The average molecular weight is 251 g/mol. The van der Waals surface area contributed by atoms with Crippen LogP contribution in [0.15, 0.2) is 0 Å². The van der Waals surface area contributed by atoms with E-state index < -0.39 is 15.6 Å². The van der Waals surface area contributed by atoms with Crippen LogP contribution in [0.4, 0.5) is 0 Å². The Balaban J connectivity index is 4.12. The van der Waals surface area contributed by atoms with E-state index in [2.05, 4.69) is 4.72 Å². The Morgan fingerprint density at radius 3 is 2.38 bits per heavy atom. The van der Waals surface area contributed by atoms with E-state index in [9.17, 15) is 13.5 Å². The maximum absolute atomic E-state index is 11.5. The SMILES string of the molecule is CCCCS(=O)(=O)NCC(C)(O)CC(C)C. The molecule has 0 aromatic rings. The molecule has 0 heterocycles. The first-order chi connectivity index (χ1) is 7.18. The summed E-state index contributed by atoms with van der Waals surface area (Å²) in [4.78, 5) is 0. The molecule has 0 spiro atoms. The summed E-state index contributed by atoms with van der Waals surface area (Å²) in [6, 6.07) is 0. The number of unbranched alkanes of at least 4 members (excludes halogenated alkanes) is 1. The van der Waals surface area contributed by atoms with E-state index in [1.54, 1.807) is 6.92 Å². The summed E-state index contributed by atoms with van der Waals surface area (Å²) in [6.07, 6.45) is 2.09. The molecule has 0 aliphatic carbocycles. The van der Waals surface area contributed by atoms with Crippen LogP contribution in [0.3, 0.4) is 0 Å². The van der Waals surface area contributed by atoms with Gasteiger partial charge in [-0.2, -0.15) is 0 Å². The lowest BCUT2D eigenvalue weighted by molar-refractivity contribution is 0.0437. The molecule has 98 valence electrons. The zero-order valence-electron chi connectivity index (χ0n) is 10.8. The van der Waals surface area contributed by atoms with E-state index in [-0.39, 0.29) is 12.3 Å². The van der Waals surface area contributed by atoms with Gasteiger partial charge < -0.3 is 5.11 Å². The summed E-state index contributed by atoms with van der Waals surface area (Å²) in [6.45, 7) is 7.71. The minimum Gasteiger partial charge on any atom is -0.389 e. The van der Waals surface area contributed by atoms with Gasteiger partial charge >= 0.3 is 0 Å². The topological polar surface area (TPSA) is 66.4 Å². The van der Waals surface area contributed by atoms with Crippen LogP contribution in [0, 0.1) is 5.92 Å². The highest BCUT2D eigenvalue weighted by Crippen LogP contribution is 2.15. The van der Waals surface area contributed by atoms with Crippen LogP contribution in [0.1, 0.15) is 47.0 Å². The summed E-state index contributed by atoms with van der Waals surface area (Å²) in [5.74, 6) is 0.483. The molecule has 0 radical (unpaired) electrons. The number of aliphatic hydroxyl groups is 1. The van der Waals surface area contributed by atoms with Gasteiger partial charge in [0.1, 0.15) is 0 Å². The lowest BCUT2D eigenvalue weighted by Crippen LogP contribution is -2.42. The van der Waals surface area contributed by atoms with Gasteiger partial charge in [-0.1, -0.05) is 27.2 Å².